The Balaban J connectivity index is 1.32. The van der Waals surface area contributed by atoms with E-state index in [2.05, 4.69) is 40.0 Å². The standard InChI is InChI=1S/C24H30ClFN8O4S/c1-34(13-21(35)38-2)9-10-39(36,37)33-16-5-3-15(4-6-16)31-24-27-12-20-22(32-24)23(29-14-28-20)30-17-7-8-19(26)18(25)11-17/h7-8,11-12,14-16,33H,3-6,9-10,13H2,1-2H3,(H,27,31,32)(H,28,29,30)/t15-,16-. The number of halogens is 2. The van der Waals surface area contributed by atoms with Gasteiger partial charge in [0.15, 0.2) is 5.82 Å². The third-order valence-electron chi connectivity index (χ3n) is 6.33. The molecule has 3 N–H and O–H groups in total. The highest BCUT2D eigenvalue weighted by Crippen LogP contribution is 2.26. The van der Waals surface area contributed by atoms with Crippen molar-refractivity contribution in [1.29, 1.82) is 0 Å². The van der Waals surface area contributed by atoms with Crippen LogP contribution in [0.1, 0.15) is 25.7 Å². The average Bonchev–Trinajstić information content (AvgIpc) is 2.91. The van der Waals surface area contributed by atoms with Crippen molar-refractivity contribution in [1.82, 2.24) is 29.6 Å². The lowest BCUT2D eigenvalue weighted by atomic mass is 9.92. The molecule has 3 aromatic rings. The number of methoxy groups -OCH3 is 1. The number of anilines is 3. The second-order valence-electron chi connectivity index (χ2n) is 9.35. The van der Waals surface area contributed by atoms with Crippen LogP contribution in [0.15, 0.2) is 30.7 Å². The molecule has 0 saturated heterocycles. The number of benzene rings is 1. The quantitative estimate of drug-likeness (QED) is 0.287. The maximum absolute atomic E-state index is 13.5. The van der Waals surface area contributed by atoms with E-state index in [0.29, 0.717) is 41.3 Å². The molecule has 1 fully saturated rings. The van der Waals surface area contributed by atoms with Gasteiger partial charge in [0.25, 0.3) is 0 Å². The lowest BCUT2D eigenvalue weighted by Crippen LogP contribution is -2.43. The van der Waals surface area contributed by atoms with E-state index in [0.717, 1.165) is 12.8 Å². The van der Waals surface area contributed by atoms with Crippen LogP contribution in [0, 0.1) is 5.82 Å². The summed E-state index contributed by atoms with van der Waals surface area (Å²) < 4.78 is 45.9. The lowest BCUT2D eigenvalue weighted by molar-refractivity contribution is -0.141. The molecule has 1 aliphatic rings. The molecular formula is C24H30ClFN8O4S. The predicted octanol–water partition coefficient (Wildman–Crippen LogP) is 2.70. The van der Waals surface area contributed by atoms with Crippen LogP contribution in [0.2, 0.25) is 5.02 Å². The van der Waals surface area contributed by atoms with Gasteiger partial charge in [0, 0.05) is 24.3 Å². The van der Waals surface area contributed by atoms with E-state index in [1.165, 1.54) is 25.6 Å². The second-order valence-corrected chi connectivity index (χ2v) is 11.6. The second kappa shape index (κ2) is 12.8. The van der Waals surface area contributed by atoms with Gasteiger partial charge in [0.05, 0.1) is 30.6 Å². The van der Waals surface area contributed by atoms with E-state index in [4.69, 9.17) is 11.6 Å². The molecule has 0 unspecified atom stereocenters. The van der Waals surface area contributed by atoms with Crippen LogP contribution in [0.5, 0.6) is 0 Å². The number of carbonyl (C=O) groups is 1. The molecule has 15 heteroatoms. The third-order valence-corrected chi connectivity index (χ3v) is 8.04. The molecule has 0 radical (unpaired) electrons. The van der Waals surface area contributed by atoms with Gasteiger partial charge in [-0.1, -0.05) is 11.6 Å². The molecule has 39 heavy (non-hydrogen) atoms. The minimum Gasteiger partial charge on any atom is -0.468 e. The summed E-state index contributed by atoms with van der Waals surface area (Å²) >= 11 is 5.89. The number of sulfonamides is 1. The normalized spacial score (nSPS) is 17.8. The lowest BCUT2D eigenvalue weighted by Gasteiger charge is -2.29. The van der Waals surface area contributed by atoms with Gasteiger partial charge in [-0.2, -0.15) is 0 Å². The summed E-state index contributed by atoms with van der Waals surface area (Å²) in [5.74, 6) is -0.221. The zero-order valence-electron chi connectivity index (χ0n) is 21.5. The zero-order valence-corrected chi connectivity index (χ0v) is 23.1. The first-order valence-electron chi connectivity index (χ1n) is 12.3. The van der Waals surface area contributed by atoms with Crippen LogP contribution in [-0.2, 0) is 19.6 Å². The van der Waals surface area contributed by atoms with Gasteiger partial charge >= 0.3 is 5.97 Å². The van der Waals surface area contributed by atoms with Gasteiger partial charge in [-0.25, -0.2) is 37.5 Å². The van der Waals surface area contributed by atoms with Crippen molar-refractivity contribution in [2.45, 2.75) is 37.8 Å². The zero-order chi connectivity index (χ0) is 28.0. The summed E-state index contributed by atoms with van der Waals surface area (Å²) in [7, 11) is -0.533. The molecule has 210 valence electrons. The van der Waals surface area contributed by atoms with Gasteiger partial charge in [0.2, 0.25) is 16.0 Å². The molecule has 1 aromatic carbocycles. The van der Waals surface area contributed by atoms with Crippen molar-refractivity contribution < 1.29 is 22.3 Å². The van der Waals surface area contributed by atoms with Crippen LogP contribution >= 0.6 is 11.6 Å². The monoisotopic (exact) mass is 580 g/mol. The Bertz CT molecular complexity index is 1420. The minimum absolute atomic E-state index is 0.0147. The largest absolute Gasteiger partial charge is 0.468 e. The SMILES string of the molecule is COC(=O)CN(C)CCS(=O)(=O)N[C@H]1CC[C@H](Nc2ncc3ncnc(Nc4ccc(F)c(Cl)c4)c3n2)CC1. The molecular weight excluding hydrogens is 551 g/mol. The Morgan fingerprint density at radius 2 is 1.92 bits per heavy atom. The van der Waals surface area contributed by atoms with Gasteiger partial charge in [0.1, 0.15) is 23.2 Å². The first-order valence-corrected chi connectivity index (χ1v) is 14.4. The molecule has 4 rings (SSSR count). The van der Waals surface area contributed by atoms with Crippen LogP contribution in [-0.4, -0.2) is 84.3 Å². The number of hydrogen-bond acceptors (Lipinski definition) is 11. The Morgan fingerprint density at radius 3 is 2.64 bits per heavy atom. The van der Waals surface area contributed by atoms with Crippen molar-refractivity contribution in [3.63, 3.8) is 0 Å². The first kappa shape index (κ1) is 28.8. The van der Waals surface area contributed by atoms with E-state index < -0.39 is 21.8 Å². The average molecular weight is 581 g/mol. The third kappa shape index (κ3) is 8.14. The van der Waals surface area contributed by atoms with Crippen LogP contribution in [0.4, 0.5) is 21.8 Å². The molecule has 2 heterocycles. The number of fused-ring (bicyclic) bond motifs is 1. The number of rotatable bonds is 11. The van der Waals surface area contributed by atoms with Crippen molar-refractivity contribution >= 4 is 56.1 Å². The molecule has 1 aliphatic carbocycles. The number of ether oxygens (including phenoxy) is 1. The smallest absolute Gasteiger partial charge is 0.319 e. The number of esters is 1. The Labute approximate surface area is 230 Å². The van der Waals surface area contributed by atoms with Crippen molar-refractivity contribution in [2.75, 3.05) is 43.6 Å². The predicted molar refractivity (Wildman–Crippen MR) is 146 cm³/mol. The number of likely N-dealkylation sites (N-methyl/N-ethyl adjacent to an activating group) is 1. The van der Waals surface area contributed by atoms with E-state index in [9.17, 15) is 17.6 Å². The summed E-state index contributed by atoms with van der Waals surface area (Å²) in [6.07, 6.45) is 5.73. The molecule has 0 aliphatic heterocycles. The van der Waals surface area contributed by atoms with Gasteiger partial charge in [-0.3, -0.25) is 9.69 Å². The summed E-state index contributed by atoms with van der Waals surface area (Å²) in [5, 5.41) is 6.40. The number of carbonyl (C=O) groups excluding carboxylic acids is 1. The summed E-state index contributed by atoms with van der Waals surface area (Å²) in [6.45, 7) is 0.249. The molecule has 0 amide bonds. The van der Waals surface area contributed by atoms with Gasteiger partial charge in [-0.05, 0) is 50.9 Å². The van der Waals surface area contributed by atoms with Crippen molar-refractivity contribution in [3.8, 4) is 0 Å². The molecule has 0 bridgehead atoms. The Kier molecular flexibility index (Phi) is 9.43. The number of nitrogens with one attached hydrogen (secondary N) is 3. The fourth-order valence-electron chi connectivity index (χ4n) is 4.22. The highest BCUT2D eigenvalue weighted by Gasteiger charge is 2.26. The molecule has 0 atom stereocenters. The molecule has 1 saturated carbocycles. The highest BCUT2D eigenvalue weighted by molar-refractivity contribution is 7.89. The topological polar surface area (TPSA) is 151 Å². The maximum atomic E-state index is 13.5. The molecule has 0 spiro atoms. The van der Waals surface area contributed by atoms with E-state index in [1.807, 2.05) is 0 Å². The summed E-state index contributed by atoms with van der Waals surface area (Å²) in [5.41, 5.74) is 1.56. The fraction of sp³-hybridized carbons (Fsp3) is 0.458. The van der Waals surface area contributed by atoms with E-state index in [1.54, 1.807) is 24.2 Å². The highest BCUT2D eigenvalue weighted by atomic mass is 35.5. The Hall–Kier alpha value is -3.20. The first-order chi connectivity index (χ1) is 18.6. The van der Waals surface area contributed by atoms with Crippen LogP contribution in [0.25, 0.3) is 11.0 Å². The maximum Gasteiger partial charge on any atom is 0.319 e. The summed E-state index contributed by atoms with van der Waals surface area (Å²) in [4.78, 5) is 30.4. The number of hydrogen-bond donors (Lipinski definition) is 3. The van der Waals surface area contributed by atoms with Crippen molar-refractivity contribution in [3.05, 3.63) is 41.6 Å². The number of nitrogens with zero attached hydrogens (tertiary/aromatic N) is 5. The fourth-order valence-corrected chi connectivity index (χ4v) is 5.81. The van der Waals surface area contributed by atoms with Crippen molar-refractivity contribution in [2.24, 2.45) is 0 Å². The molecule has 2 aromatic heterocycles. The minimum atomic E-state index is -3.49. The summed E-state index contributed by atoms with van der Waals surface area (Å²) in [6, 6.07) is 4.16. The van der Waals surface area contributed by atoms with Crippen LogP contribution in [0.3, 0.4) is 0 Å². The van der Waals surface area contributed by atoms with Crippen LogP contribution < -0.4 is 15.4 Å². The number of aromatic nitrogens is 4. The molecule has 12 nitrogen and oxygen atoms in total. The van der Waals surface area contributed by atoms with E-state index >= 15 is 0 Å². The Morgan fingerprint density at radius 1 is 1.18 bits per heavy atom. The van der Waals surface area contributed by atoms with Gasteiger partial charge in [-0.15, -0.1) is 0 Å². The van der Waals surface area contributed by atoms with E-state index in [-0.39, 0.29) is 35.9 Å². The van der Waals surface area contributed by atoms with Gasteiger partial charge < -0.3 is 15.4 Å².